The minimum Gasteiger partial charge on any atom is -0.354 e. The Bertz CT molecular complexity index is 1300. The molecule has 4 aromatic carbocycles. The van der Waals surface area contributed by atoms with Gasteiger partial charge in [-0.3, -0.25) is 4.79 Å². The molecule has 1 heterocycles. The van der Waals surface area contributed by atoms with Gasteiger partial charge >= 0.3 is 0 Å². The summed E-state index contributed by atoms with van der Waals surface area (Å²) in [5, 5.41) is 5.43. The lowest BCUT2D eigenvalue weighted by Gasteiger charge is -2.12. The lowest BCUT2D eigenvalue weighted by atomic mass is 9.98. The van der Waals surface area contributed by atoms with Crippen molar-refractivity contribution in [1.29, 1.82) is 0 Å². The van der Waals surface area contributed by atoms with Crippen molar-refractivity contribution in [2.45, 2.75) is 0 Å². The number of anilines is 1. The van der Waals surface area contributed by atoms with Gasteiger partial charge in [-0.2, -0.15) is 0 Å². The number of amides is 1. The molecule has 0 radical (unpaired) electrons. The maximum atomic E-state index is 12.7. The lowest BCUT2D eigenvalue weighted by Crippen LogP contribution is -2.12. The van der Waals surface area contributed by atoms with E-state index in [1.54, 1.807) is 0 Å². The average Bonchev–Trinajstić information content (AvgIpc) is 3.14. The molecule has 0 saturated carbocycles. The number of benzene rings is 4. The summed E-state index contributed by atoms with van der Waals surface area (Å²) < 4.78 is 0. The summed E-state index contributed by atoms with van der Waals surface area (Å²) in [6.45, 7) is 0. The number of carbonyl (C=O) groups excluding carboxylic acids is 1. The third-order valence-electron chi connectivity index (χ3n) is 5.03. The monoisotopic (exact) mass is 362 g/mol. The van der Waals surface area contributed by atoms with Crippen molar-refractivity contribution in [2.24, 2.45) is 0 Å². The van der Waals surface area contributed by atoms with Gasteiger partial charge < -0.3 is 10.3 Å². The van der Waals surface area contributed by atoms with Crippen LogP contribution in [0.1, 0.15) is 10.4 Å². The molecule has 0 unspecified atom stereocenters. The highest BCUT2D eigenvalue weighted by atomic mass is 16.1. The Hall–Kier alpha value is -3.85. The zero-order chi connectivity index (χ0) is 18.9. The summed E-state index contributed by atoms with van der Waals surface area (Å²) >= 11 is 0. The molecule has 0 atom stereocenters. The summed E-state index contributed by atoms with van der Waals surface area (Å²) in [6, 6.07) is 31.8. The maximum Gasteiger partial charge on any atom is 0.255 e. The Kier molecular flexibility index (Phi) is 3.91. The van der Waals surface area contributed by atoms with E-state index in [4.69, 9.17) is 0 Å². The Morgan fingerprint density at radius 2 is 1.32 bits per heavy atom. The predicted octanol–water partition coefficient (Wildman–Crippen LogP) is 6.24. The summed E-state index contributed by atoms with van der Waals surface area (Å²) in [5.41, 5.74) is 5.73. The summed E-state index contributed by atoms with van der Waals surface area (Å²) in [4.78, 5) is 16.2. The molecule has 134 valence electrons. The third-order valence-corrected chi connectivity index (χ3v) is 5.03. The largest absolute Gasteiger partial charge is 0.354 e. The summed E-state index contributed by atoms with van der Waals surface area (Å²) in [7, 11) is 0. The number of H-pyrrole nitrogens is 1. The number of aromatic nitrogens is 1. The van der Waals surface area contributed by atoms with Gasteiger partial charge in [-0.05, 0) is 35.9 Å². The molecule has 5 aromatic rings. The molecule has 3 heteroatoms. The number of hydrogen-bond acceptors (Lipinski definition) is 1. The normalized spacial score (nSPS) is 11.0. The number of carbonyl (C=O) groups is 1. The minimum atomic E-state index is -0.112. The Labute approximate surface area is 162 Å². The first-order valence-corrected chi connectivity index (χ1v) is 9.26. The van der Waals surface area contributed by atoms with Gasteiger partial charge in [0.2, 0.25) is 0 Å². The molecule has 28 heavy (non-hydrogen) atoms. The van der Waals surface area contributed by atoms with E-state index in [0.29, 0.717) is 5.56 Å². The topological polar surface area (TPSA) is 44.9 Å². The second-order valence-corrected chi connectivity index (χ2v) is 6.76. The van der Waals surface area contributed by atoms with Gasteiger partial charge in [-0.1, -0.05) is 66.7 Å². The molecule has 1 aromatic heterocycles. The SMILES string of the molecule is O=C(Nc1ccccc1-c1cccc2[nH]c3ccccc3c12)c1ccccc1. The van der Waals surface area contributed by atoms with Crippen molar-refractivity contribution < 1.29 is 4.79 Å². The number of aromatic amines is 1. The molecule has 3 nitrogen and oxygen atoms in total. The zero-order valence-corrected chi connectivity index (χ0v) is 15.1. The first-order chi connectivity index (χ1) is 13.8. The van der Waals surface area contributed by atoms with Crippen LogP contribution in [0.2, 0.25) is 0 Å². The van der Waals surface area contributed by atoms with Gasteiger partial charge in [0.15, 0.2) is 0 Å². The standard InChI is InChI=1S/C25H18N2O/c28-25(17-9-2-1-3-10-17)27-21-14-6-4-11-18(21)19-13-8-16-23-24(19)20-12-5-7-15-22(20)26-23/h1-16,26H,(H,27,28). The molecule has 0 saturated heterocycles. The van der Waals surface area contributed by atoms with Crippen molar-refractivity contribution in [3.63, 3.8) is 0 Å². The molecule has 5 rings (SSSR count). The Morgan fingerprint density at radius 3 is 2.21 bits per heavy atom. The highest BCUT2D eigenvalue weighted by Crippen LogP contribution is 2.37. The molecule has 2 N–H and O–H groups in total. The molecule has 0 bridgehead atoms. The Balaban J connectivity index is 1.66. The highest BCUT2D eigenvalue weighted by Gasteiger charge is 2.14. The van der Waals surface area contributed by atoms with Crippen molar-refractivity contribution in [3.05, 3.63) is 103 Å². The molecule has 0 aliphatic heterocycles. The van der Waals surface area contributed by atoms with E-state index < -0.39 is 0 Å². The quantitative estimate of drug-likeness (QED) is 0.392. The van der Waals surface area contributed by atoms with Crippen LogP contribution in [0.25, 0.3) is 32.9 Å². The van der Waals surface area contributed by atoms with Crippen molar-refractivity contribution in [3.8, 4) is 11.1 Å². The van der Waals surface area contributed by atoms with Gasteiger partial charge in [0.05, 0.1) is 0 Å². The molecule has 0 aliphatic rings. The third kappa shape index (κ3) is 2.74. The minimum absolute atomic E-state index is 0.112. The highest BCUT2D eigenvalue weighted by molar-refractivity contribution is 6.16. The number of rotatable bonds is 3. The molecular weight excluding hydrogens is 344 g/mol. The maximum absolute atomic E-state index is 12.7. The molecule has 0 aliphatic carbocycles. The molecule has 0 fully saturated rings. The predicted molar refractivity (Wildman–Crippen MR) is 116 cm³/mol. The Morgan fingerprint density at radius 1 is 0.643 bits per heavy atom. The summed E-state index contributed by atoms with van der Waals surface area (Å²) in [6.07, 6.45) is 0. The second-order valence-electron chi connectivity index (χ2n) is 6.76. The van der Waals surface area contributed by atoms with Crippen molar-refractivity contribution in [1.82, 2.24) is 4.98 Å². The molecule has 0 spiro atoms. The number of hydrogen-bond donors (Lipinski definition) is 2. The van der Waals surface area contributed by atoms with Gasteiger partial charge in [0.1, 0.15) is 0 Å². The number of fused-ring (bicyclic) bond motifs is 3. The van der Waals surface area contributed by atoms with Crippen LogP contribution in [0.3, 0.4) is 0 Å². The van der Waals surface area contributed by atoms with Crippen LogP contribution >= 0.6 is 0 Å². The van der Waals surface area contributed by atoms with Crippen LogP contribution in [0.4, 0.5) is 5.69 Å². The van der Waals surface area contributed by atoms with Crippen LogP contribution in [0.5, 0.6) is 0 Å². The number of nitrogens with one attached hydrogen (secondary N) is 2. The fraction of sp³-hybridized carbons (Fsp3) is 0. The first-order valence-electron chi connectivity index (χ1n) is 9.26. The van der Waals surface area contributed by atoms with Gasteiger partial charge in [0, 0.05) is 38.6 Å². The van der Waals surface area contributed by atoms with Gasteiger partial charge in [0.25, 0.3) is 5.91 Å². The van der Waals surface area contributed by atoms with E-state index >= 15 is 0 Å². The van der Waals surface area contributed by atoms with Crippen LogP contribution in [0.15, 0.2) is 97.1 Å². The van der Waals surface area contributed by atoms with Crippen molar-refractivity contribution in [2.75, 3.05) is 5.32 Å². The lowest BCUT2D eigenvalue weighted by molar-refractivity contribution is 0.102. The van der Waals surface area contributed by atoms with E-state index in [9.17, 15) is 4.79 Å². The average molecular weight is 362 g/mol. The number of para-hydroxylation sites is 2. The summed E-state index contributed by atoms with van der Waals surface area (Å²) in [5.74, 6) is -0.112. The second kappa shape index (κ2) is 6.71. The van der Waals surface area contributed by atoms with E-state index in [0.717, 1.165) is 27.8 Å². The van der Waals surface area contributed by atoms with E-state index in [1.165, 1.54) is 10.8 Å². The first kappa shape index (κ1) is 16.3. The van der Waals surface area contributed by atoms with Crippen molar-refractivity contribution >= 4 is 33.4 Å². The fourth-order valence-electron chi connectivity index (χ4n) is 3.74. The van der Waals surface area contributed by atoms with E-state index in [2.05, 4.69) is 46.7 Å². The molecular formula is C25H18N2O. The van der Waals surface area contributed by atoms with Crippen LogP contribution in [-0.2, 0) is 0 Å². The van der Waals surface area contributed by atoms with Crippen LogP contribution < -0.4 is 5.32 Å². The van der Waals surface area contributed by atoms with E-state index in [1.807, 2.05) is 60.7 Å². The zero-order valence-electron chi connectivity index (χ0n) is 15.1. The smallest absolute Gasteiger partial charge is 0.255 e. The van der Waals surface area contributed by atoms with E-state index in [-0.39, 0.29) is 5.91 Å². The fourth-order valence-corrected chi connectivity index (χ4v) is 3.74. The van der Waals surface area contributed by atoms with Crippen LogP contribution in [-0.4, -0.2) is 10.9 Å². The van der Waals surface area contributed by atoms with Gasteiger partial charge in [-0.25, -0.2) is 0 Å². The van der Waals surface area contributed by atoms with Gasteiger partial charge in [-0.15, -0.1) is 0 Å². The molecule has 1 amide bonds. The van der Waals surface area contributed by atoms with Crippen LogP contribution in [0, 0.1) is 0 Å².